The summed E-state index contributed by atoms with van der Waals surface area (Å²) < 4.78 is 9.94. The van der Waals surface area contributed by atoms with Crippen LogP contribution in [0, 0.1) is 0 Å². The van der Waals surface area contributed by atoms with E-state index in [1.165, 1.54) is 13.3 Å². The minimum Gasteiger partial charge on any atom is -0.465 e. The first-order chi connectivity index (χ1) is 9.24. The molecule has 1 aliphatic rings. The lowest BCUT2D eigenvalue weighted by atomic mass is 10.2. The topological polar surface area (TPSA) is 71.9 Å². The summed E-state index contributed by atoms with van der Waals surface area (Å²) in [5.41, 5.74) is 1.29. The number of carbonyl (C=O) groups is 1. The quantitative estimate of drug-likeness (QED) is 0.777. The van der Waals surface area contributed by atoms with Gasteiger partial charge in [0.05, 0.1) is 44.2 Å². The Morgan fingerprint density at radius 2 is 2.47 bits per heavy atom. The number of rotatable bonds is 4. The zero-order valence-corrected chi connectivity index (χ0v) is 10.9. The number of ether oxygens (including phenoxy) is 2. The predicted molar refractivity (Wildman–Crippen MR) is 67.7 cm³/mol. The van der Waals surface area contributed by atoms with Crippen LogP contribution in [-0.2, 0) is 16.0 Å². The van der Waals surface area contributed by atoms with Crippen molar-refractivity contribution in [1.82, 2.24) is 9.88 Å². The first kappa shape index (κ1) is 13.9. The molecule has 2 rings (SSSR count). The van der Waals surface area contributed by atoms with E-state index in [1.807, 2.05) is 0 Å². The van der Waals surface area contributed by atoms with Crippen molar-refractivity contribution in [2.45, 2.75) is 12.6 Å². The molecular weight excluding hydrogens is 248 g/mol. The Balaban J connectivity index is 2.00. The van der Waals surface area contributed by atoms with Gasteiger partial charge in [0.25, 0.3) is 0 Å². The van der Waals surface area contributed by atoms with Crippen LogP contribution < -0.4 is 0 Å². The van der Waals surface area contributed by atoms with Gasteiger partial charge in [0.15, 0.2) is 0 Å². The summed E-state index contributed by atoms with van der Waals surface area (Å²) >= 11 is 0. The van der Waals surface area contributed by atoms with Crippen molar-refractivity contribution < 1.29 is 19.4 Å². The number of aliphatic hydroxyl groups is 1. The van der Waals surface area contributed by atoms with Crippen LogP contribution in [-0.4, -0.2) is 60.5 Å². The number of hydrogen-bond acceptors (Lipinski definition) is 6. The normalized spacial score (nSPS) is 20.2. The number of carbonyl (C=O) groups excluding carboxylic acids is 1. The van der Waals surface area contributed by atoms with E-state index in [9.17, 15) is 9.90 Å². The molecule has 0 aliphatic carbocycles. The van der Waals surface area contributed by atoms with Crippen LogP contribution in [0.4, 0.5) is 0 Å². The van der Waals surface area contributed by atoms with Crippen molar-refractivity contribution in [2.75, 3.05) is 33.5 Å². The van der Waals surface area contributed by atoms with Crippen LogP contribution in [0.1, 0.15) is 16.1 Å². The van der Waals surface area contributed by atoms with Gasteiger partial charge < -0.3 is 14.6 Å². The number of aromatic nitrogens is 1. The van der Waals surface area contributed by atoms with Crippen LogP contribution in [0.5, 0.6) is 0 Å². The molecule has 1 N–H and O–H groups in total. The molecule has 1 aromatic heterocycles. The summed E-state index contributed by atoms with van der Waals surface area (Å²) in [4.78, 5) is 17.7. The molecule has 0 amide bonds. The molecule has 1 unspecified atom stereocenters. The molecule has 0 bridgehead atoms. The number of nitrogens with zero attached hydrogens (tertiary/aromatic N) is 2. The Kier molecular flexibility index (Phi) is 4.84. The minimum absolute atomic E-state index is 0.0100. The highest BCUT2D eigenvalue weighted by Gasteiger charge is 2.22. The highest BCUT2D eigenvalue weighted by molar-refractivity contribution is 5.88. The molecule has 0 saturated carbocycles. The Morgan fingerprint density at radius 1 is 1.63 bits per heavy atom. The monoisotopic (exact) mass is 266 g/mol. The fourth-order valence-electron chi connectivity index (χ4n) is 2.03. The van der Waals surface area contributed by atoms with E-state index in [0.29, 0.717) is 25.3 Å². The lowest BCUT2D eigenvalue weighted by Crippen LogP contribution is -2.46. The van der Waals surface area contributed by atoms with Gasteiger partial charge in [0.1, 0.15) is 0 Å². The van der Waals surface area contributed by atoms with Crippen LogP contribution in [0.3, 0.4) is 0 Å². The maximum Gasteiger partial charge on any atom is 0.339 e. The molecule has 0 aromatic carbocycles. The summed E-state index contributed by atoms with van der Waals surface area (Å²) in [6.45, 7) is 2.68. The zero-order chi connectivity index (χ0) is 13.7. The van der Waals surface area contributed by atoms with E-state index in [4.69, 9.17) is 4.74 Å². The van der Waals surface area contributed by atoms with E-state index in [2.05, 4.69) is 14.6 Å². The van der Waals surface area contributed by atoms with Crippen LogP contribution in [0.25, 0.3) is 0 Å². The number of aliphatic hydroxyl groups excluding tert-OH is 1. The maximum absolute atomic E-state index is 11.3. The maximum atomic E-state index is 11.3. The lowest BCUT2D eigenvalue weighted by molar-refractivity contribution is -0.0317. The van der Waals surface area contributed by atoms with Crippen LogP contribution in [0.2, 0.25) is 0 Å². The fourth-order valence-corrected chi connectivity index (χ4v) is 2.03. The third kappa shape index (κ3) is 3.50. The Labute approximate surface area is 112 Å². The number of esters is 1. The minimum atomic E-state index is -0.390. The fraction of sp³-hybridized carbons (Fsp3) is 0.538. The molecular formula is C13H18N2O4. The van der Waals surface area contributed by atoms with E-state index in [1.54, 1.807) is 12.1 Å². The second kappa shape index (κ2) is 6.60. The zero-order valence-electron chi connectivity index (χ0n) is 10.9. The number of methoxy groups -OCH3 is 1. The van der Waals surface area contributed by atoms with Crippen molar-refractivity contribution in [3.63, 3.8) is 0 Å². The van der Waals surface area contributed by atoms with Gasteiger partial charge >= 0.3 is 5.97 Å². The van der Waals surface area contributed by atoms with E-state index < -0.39 is 5.97 Å². The van der Waals surface area contributed by atoms with Gasteiger partial charge in [0.2, 0.25) is 0 Å². The molecule has 19 heavy (non-hydrogen) atoms. The van der Waals surface area contributed by atoms with Gasteiger partial charge in [-0.2, -0.15) is 0 Å². The molecule has 0 radical (unpaired) electrons. The average molecular weight is 266 g/mol. The molecule has 0 spiro atoms. The van der Waals surface area contributed by atoms with E-state index in [0.717, 1.165) is 12.2 Å². The molecule has 1 atom stereocenters. The van der Waals surface area contributed by atoms with Crippen molar-refractivity contribution >= 4 is 5.97 Å². The van der Waals surface area contributed by atoms with Crippen LogP contribution >= 0.6 is 0 Å². The van der Waals surface area contributed by atoms with Crippen molar-refractivity contribution in [1.29, 1.82) is 0 Å². The highest BCUT2D eigenvalue weighted by atomic mass is 16.5. The van der Waals surface area contributed by atoms with Crippen molar-refractivity contribution in [3.8, 4) is 0 Å². The first-order valence-electron chi connectivity index (χ1n) is 6.20. The van der Waals surface area contributed by atoms with Gasteiger partial charge in [-0.3, -0.25) is 9.88 Å². The van der Waals surface area contributed by atoms with Gasteiger partial charge in [-0.1, -0.05) is 0 Å². The van der Waals surface area contributed by atoms with Gasteiger partial charge in [-0.15, -0.1) is 0 Å². The number of pyridine rings is 1. The van der Waals surface area contributed by atoms with Crippen molar-refractivity contribution in [2.24, 2.45) is 0 Å². The van der Waals surface area contributed by atoms with Gasteiger partial charge in [0, 0.05) is 19.3 Å². The highest BCUT2D eigenvalue weighted by Crippen LogP contribution is 2.11. The lowest BCUT2D eigenvalue weighted by Gasteiger charge is -2.34. The smallest absolute Gasteiger partial charge is 0.339 e. The van der Waals surface area contributed by atoms with Gasteiger partial charge in [-0.05, 0) is 12.1 Å². The summed E-state index contributed by atoms with van der Waals surface area (Å²) in [7, 11) is 1.34. The van der Waals surface area contributed by atoms with Crippen LogP contribution in [0.15, 0.2) is 18.3 Å². The number of morpholine rings is 1. The molecule has 6 nitrogen and oxygen atoms in total. The van der Waals surface area contributed by atoms with Crippen molar-refractivity contribution in [3.05, 3.63) is 29.6 Å². The predicted octanol–water partition coefficient (Wildman–Crippen LogP) is 0.0613. The largest absolute Gasteiger partial charge is 0.465 e. The molecule has 1 aromatic rings. The SMILES string of the molecule is COC(=O)c1ccc(CN2CCOCC2CO)nc1. The third-order valence-electron chi connectivity index (χ3n) is 3.17. The molecule has 1 fully saturated rings. The Bertz CT molecular complexity index is 421. The molecule has 104 valence electrons. The van der Waals surface area contributed by atoms with E-state index in [-0.39, 0.29) is 12.6 Å². The average Bonchev–Trinajstić information content (AvgIpc) is 2.48. The first-order valence-corrected chi connectivity index (χ1v) is 6.20. The standard InChI is InChI=1S/C13H18N2O4/c1-18-13(17)10-2-3-11(14-6-10)7-15-4-5-19-9-12(15)8-16/h2-3,6,12,16H,4-5,7-9H2,1H3. The summed E-state index contributed by atoms with van der Waals surface area (Å²) in [5.74, 6) is -0.390. The Morgan fingerprint density at radius 3 is 3.11 bits per heavy atom. The summed E-state index contributed by atoms with van der Waals surface area (Å²) in [5, 5.41) is 9.29. The molecule has 1 saturated heterocycles. The van der Waals surface area contributed by atoms with Gasteiger partial charge in [-0.25, -0.2) is 4.79 Å². The van der Waals surface area contributed by atoms with E-state index >= 15 is 0 Å². The third-order valence-corrected chi connectivity index (χ3v) is 3.17. The Hall–Kier alpha value is -1.50. The summed E-state index contributed by atoms with van der Waals surface area (Å²) in [6, 6.07) is 3.51. The molecule has 2 heterocycles. The molecule has 1 aliphatic heterocycles. The second-order valence-corrected chi connectivity index (χ2v) is 4.41. The molecule has 6 heteroatoms. The number of hydrogen-bond donors (Lipinski definition) is 1. The summed E-state index contributed by atoms with van der Waals surface area (Å²) in [6.07, 6.45) is 1.51. The second-order valence-electron chi connectivity index (χ2n) is 4.41.